The zero-order valence-corrected chi connectivity index (χ0v) is 11.1. The Morgan fingerprint density at radius 1 is 1.53 bits per heavy atom. The SMILES string of the molecule is CNC(C)C(=O)Cc1ncc(C)c(OC)c1C. The summed E-state index contributed by atoms with van der Waals surface area (Å²) in [6.07, 6.45) is 2.09. The van der Waals surface area contributed by atoms with Crippen LogP contribution in [0.4, 0.5) is 0 Å². The second-order valence-corrected chi connectivity index (χ2v) is 4.20. The van der Waals surface area contributed by atoms with Crippen molar-refractivity contribution in [1.29, 1.82) is 0 Å². The molecule has 0 amide bonds. The van der Waals surface area contributed by atoms with Gasteiger partial charge in [0.25, 0.3) is 0 Å². The molecule has 1 heterocycles. The maximum Gasteiger partial charge on any atom is 0.155 e. The number of carbonyl (C=O) groups excluding carboxylic acids is 1. The smallest absolute Gasteiger partial charge is 0.155 e. The van der Waals surface area contributed by atoms with Crippen molar-refractivity contribution in [2.75, 3.05) is 14.2 Å². The molecule has 0 aliphatic rings. The third-order valence-corrected chi connectivity index (χ3v) is 3.01. The van der Waals surface area contributed by atoms with Gasteiger partial charge >= 0.3 is 0 Å². The van der Waals surface area contributed by atoms with Crippen molar-refractivity contribution in [3.8, 4) is 5.75 Å². The molecule has 0 saturated carbocycles. The zero-order valence-electron chi connectivity index (χ0n) is 11.1. The van der Waals surface area contributed by atoms with Crippen molar-refractivity contribution >= 4 is 5.78 Å². The molecule has 4 nitrogen and oxygen atoms in total. The van der Waals surface area contributed by atoms with Gasteiger partial charge in [-0.2, -0.15) is 0 Å². The molecule has 0 aliphatic carbocycles. The van der Waals surface area contributed by atoms with Crippen LogP contribution in [0, 0.1) is 13.8 Å². The zero-order chi connectivity index (χ0) is 13.0. The number of aromatic nitrogens is 1. The minimum atomic E-state index is -0.150. The lowest BCUT2D eigenvalue weighted by Crippen LogP contribution is -2.32. The number of carbonyl (C=O) groups is 1. The monoisotopic (exact) mass is 236 g/mol. The first-order valence-electron chi connectivity index (χ1n) is 5.70. The third-order valence-electron chi connectivity index (χ3n) is 3.01. The molecule has 0 spiro atoms. The number of ether oxygens (including phenoxy) is 1. The number of hydrogen-bond acceptors (Lipinski definition) is 4. The predicted octanol–water partition coefficient (Wildman–Crippen LogP) is 1.43. The molecule has 1 aromatic heterocycles. The number of Topliss-reactive ketones (excluding diaryl/α,β-unsaturated/α-hetero) is 1. The summed E-state index contributed by atoms with van der Waals surface area (Å²) in [7, 11) is 3.41. The van der Waals surface area contributed by atoms with Crippen LogP contribution in [-0.4, -0.2) is 31.0 Å². The fourth-order valence-electron chi connectivity index (χ4n) is 1.73. The quantitative estimate of drug-likeness (QED) is 0.840. The molecule has 1 unspecified atom stereocenters. The van der Waals surface area contributed by atoms with Crippen molar-refractivity contribution in [1.82, 2.24) is 10.3 Å². The minimum Gasteiger partial charge on any atom is -0.496 e. The Labute approximate surface area is 102 Å². The number of nitrogens with zero attached hydrogens (tertiary/aromatic N) is 1. The number of methoxy groups -OCH3 is 1. The first-order valence-corrected chi connectivity index (χ1v) is 5.70. The Morgan fingerprint density at radius 3 is 2.71 bits per heavy atom. The maximum absolute atomic E-state index is 11.8. The van der Waals surface area contributed by atoms with Gasteiger partial charge in [-0.05, 0) is 27.8 Å². The lowest BCUT2D eigenvalue weighted by Gasteiger charge is -2.13. The Bertz CT molecular complexity index is 416. The van der Waals surface area contributed by atoms with Crippen molar-refractivity contribution in [2.24, 2.45) is 0 Å². The van der Waals surface area contributed by atoms with Crippen LogP contribution in [0.15, 0.2) is 6.20 Å². The Balaban J connectivity index is 2.97. The van der Waals surface area contributed by atoms with Gasteiger partial charge in [-0.1, -0.05) is 0 Å². The van der Waals surface area contributed by atoms with Gasteiger partial charge in [0.2, 0.25) is 0 Å². The van der Waals surface area contributed by atoms with Crippen LogP contribution < -0.4 is 10.1 Å². The van der Waals surface area contributed by atoms with E-state index in [1.165, 1.54) is 0 Å². The summed E-state index contributed by atoms with van der Waals surface area (Å²) in [6.45, 7) is 5.73. The van der Waals surface area contributed by atoms with E-state index in [0.29, 0.717) is 6.42 Å². The van der Waals surface area contributed by atoms with Gasteiger partial charge in [-0.3, -0.25) is 9.78 Å². The first-order chi connectivity index (χ1) is 8.01. The lowest BCUT2D eigenvalue weighted by atomic mass is 10.0. The van der Waals surface area contributed by atoms with Crippen LogP contribution in [0.3, 0.4) is 0 Å². The van der Waals surface area contributed by atoms with Crippen LogP contribution in [0.1, 0.15) is 23.7 Å². The van der Waals surface area contributed by atoms with E-state index in [2.05, 4.69) is 10.3 Å². The van der Waals surface area contributed by atoms with Gasteiger partial charge in [-0.15, -0.1) is 0 Å². The van der Waals surface area contributed by atoms with E-state index < -0.39 is 0 Å². The molecule has 4 heteroatoms. The van der Waals surface area contributed by atoms with E-state index in [1.54, 1.807) is 20.4 Å². The van der Waals surface area contributed by atoms with Crippen LogP contribution in [0.5, 0.6) is 5.75 Å². The minimum absolute atomic E-state index is 0.133. The van der Waals surface area contributed by atoms with E-state index in [4.69, 9.17) is 4.74 Å². The van der Waals surface area contributed by atoms with Gasteiger partial charge in [0.05, 0.1) is 25.3 Å². The maximum atomic E-state index is 11.8. The normalized spacial score (nSPS) is 12.3. The second kappa shape index (κ2) is 5.77. The van der Waals surface area contributed by atoms with Crippen molar-refractivity contribution in [3.05, 3.63) is 23.0 Å². The highest BCUT2D eigenvalue weighted by Gasteiger charge is 2.16. The van der Waals surface area contributed by atoms with Crippen molar-refractivity contribution in [2.45, 2.75) is 33.2 Å². The van der Waals surface area contributed by atoms with Crippen LogP contribution in [0.25, 0.3) is 0 Å². The second-order valence-electron chi connectivity index (χ2n) is 4.20. The third kappa shape index (κ3) is 3.03. The van der Waals surface area contributed by atoms with Crippen LogP contribution in [-0.2, 0) is 11.2 Å². The molecule has 94 valence electrons. The van der Waals surface area contributed by atoms with E-state index >= 15 is 0 Å². The van der Waals surface area contributed by atoms with E-state index in [9.17, 15) is 4.79 Å². The fourth-order valence-corrected chi connectivity index (χ4v) is 1.73. The molecular formula is C13H20N2O2. The summed E-state index contributed by atoms with van der Waals surface area (Å²) in [6, 6.07) is -0.150. The van der Waals surface area contributed by atoms with Crippen LogP contribution in [0.2, 0.25) is 0 Å². The lowest BCUT2D eigenvalue weighted by molar-refractivity contribution is -0.119. The molecule has 0 aliphatic heterocycles. The summed E-state index contributed by atoms with van der Waals surface area (Å²) in [5, 5.41) is 2.94. The van der Waals surface area contributed by atoms with E-state index in [1.807, 2.05) is 20.8 Å². The van der Waals surface area contributed by atoms with E-state index in [0.717, 1.165) is 22.6 Å². The molecule has 0 bridgehead atoms. The number of ketones is 1. The topological polar surface area (TPSA) is 51.2 Å². The van der Waals surface area contributed by atoms with E-state index in [-0.39, 0.29) is 11.8 Å². The molecule has 0 fully saturated rings. The van der Waals surface area contributed by atoms with Gasteiger partial charge in [0.1, 0.15) is 5.75 Å². The summed E-state index contributed by atoms with van der Waals surface area (Å²) >= 11 is 0. The van der Waals surface area contributed by atoms with Gasteiger partial charge in [-0.25, -0.2) is 0 Å². The molecule has 0 saturated heterocycles. The standard InChI is InChI=1S/C13H20N2O2/c1-8-7-15-11(9(2)13(8)17-5)6-12(16)10(3)14-4/h7,10,14H,6H2,1-5H3. The highest BCUT2D eigenvalue weighted by Crippen LogP contribution is 2.24. The Kier molecular flexibility index (Phi) is 4.63. The van der Waals surface area contributed by atoms with Crippen LogP contribution >= 0.6 is 0 Å². The van der Waals surface area contributed by atoms with Gasteiger partial charge in [0, 0.05) is 17.3 Å². The Morgan fingerprint density at radius 2 is 2.18 bits per heavy atom. The molecule has 17 heavy (non-hydrogen) atoms. The molecule has 0 aromatic carbocycles. The molecule has 0 radical (unpaired) electrons. The van der Waals surface area contributed by atoms with Crippen molar-refractivity contribution in [3.63, 3.8) is 0 Å². The highest BCUT2D eigenvalue weighted by molar-refractivity contribution is 5.85. The van der Waals surface area contributed by atoms with Gasteiger partial charge in [0.15, 0.2) is 5.78 Å². The average molecular weight is 236 g/mol. The Hall–Kier alpha value is -1.42. The summed E-state index contributed by atoms with van der Waals surface area (Å²) < 4.78 is 5.32. The number of likely N-dealkylation sites (N-methyl/N-ethyl adjacent to an activating group) is 1. The summed E-state index contributed by atoms with van der Waals surface area (Å²) in [5.41, 5.74) is 2.73. The number of rotatable bonds is 5. The molecular weight excluding hydrogens is 216 g/mol. The number of nitrogens with one attached hydrogen (secondary N) is 1. The highest BCUT2D eigenvalue weighted by atomic mass is 16.5. The van der Waals surface area contributed by atoms with Crippen molar-refractivity contribution < 1.29 is 9.53 Å². The fraction of sp³-hybridized carbons (Fsp3) is 0.538. The number of hydrogen-bond donors (Lipinski definition) is 1. The average Bonchev–Trinajstić information content (AvgIpc) is 2.32. The molecule has 1 atom stereocenters. The predicted molar refractivity (Wildman–Crippen MR) is 67.5 cm³/mol. The largest absolute Gasteiger partial charge is 0.496 e. The molecule has 1 aromatic rings. The summed E-state index contributed by atoms with van der Waals surface area (Å²) in [4.78, 5) is 16.2. The van der Waals surface area contributed by atoms with Gasteiger partial charge < -0.3 is 10.1 Å². The first kappa shape index (κ1) is 13.6. The molecule has 1 N–H and O–H groups in total. The molecule has 1 rings (SSSR count). The number of aryl methyl sites for hydroxylation is 1. The summed E-state index contributed by atoms with van der Waals surface area (Å²) in [5.74, 6) is 0.953. The number of pyridine rings is 1.